The highest BCUT2D eigenvalue weighted by atomic mass is 32.2. The molecule has 1 fully saturated rings. The number of carbonyl (C=O) groups is 2. The van der Waals surface area contributed by atoms with Crippen molar-refractivity contribution in [1.29, 1.82) is 0 Å². The molecule has 0 atom stereocenters. The maximum atomic E-state index is 12.4. The Bertz CT molecular complexity index is 1040. The van der Waals surface area contributed by atoms with Gasteiger partial charge in [-0.1, -0.05) is 30.3 Å². The Morgan fingerprint density at radius 2 is 1.74 bits per heavy atom. The molecule has 0 spiro atoms. The van der Waals surface area contributed by atoms with Crippen LogP contribution < -0.4 is 0 Å². The number of hydrogen-bond acceptors (Lipinski definition) is 7. The highest BCUT2D eigenvalue weighted by Gasteiger charge is 2.26. The summed E-state index contributed by atoms with van der Waals surface area (Å²) in [6.45, 7) is 3.46. The molecule has 0 N–H and O–H groups in total. The van der Waals surface area contributed by atoms with Crippen molar-refractivity contribution in [3.05, 3.63) is 59.8 Å². The summed E-state index contributed by atoms with van der Waals surface area (Å²) in [5.41, 5.74) is 1.49. The van der Waals surface area contributed by atoms with Crippen LogP contribution in [0.3, 0.4) is 0 Å². The first-order chi connectivity index (χ1) is 14.9. The number of amidine groups is 1. The lowest BCUT2D eigenvalue weighted by Crippen LogP contribution is -2.49. The normalized spacial score (nSPS) is 20.5. The lowest BCUT2D eigenvalue weighted by atomic mass is 10.2. The van der Waals surface area contributed by atoms with Crippen molar-refractivity contribution in [1.82, 2.24) is 14.7 Å². The molecule has 1 amide bonds. The predicted octanol–water partition coefficient (Wildman–Crippen LogP) is 0.372. The molecular weight excluding hydrogens is 420 g/mol. The SMILES string of the molecule is O=C(OCC(=O)N1CCN(Cc2ccccc2)CC1)C1=CN2CCS(=O)(=O)N=C2C=C1. The van der Waals surface area contributed by atoms with Crippen molar-refractivity contribution >= 4 is 27.7 Å². The number of sulfonamides is 1. The van der Waals surface area contributed by atoms with Gasteiger partial charge in [0, 0.05) is 45.5 Å². The standard InChI is InChI=1S/C21H24N4O5S/c26-20(24-10-8-23(9-11-24)14-17-4-2-1-3-5-17)16-30-21(27)18-6-7-19-22-31(28,29)13-12-25(19)15-18/h1-7,15H,8-14,16H2. The Morgan fingerprint density at radius 3 is 2.48 bits per heavy atom. The number of ether oxygens (including phenoxy) is 1. The number of piperazine rings is 1. The van der Waals surface area contributed by atoms with E-state index in [0.29, 0.717) is 13.1 Å². The molecule has 31 heavy (non-hydrogen) atoms. The maximum absolute atomic E-state index is 12.4. The van der Waals surface area contributed by atoms with E-state index in [1.807, 2.05) is 18.2 Å². The van der Waals surface area contributed by atoms with Gasteiger partial charge in [0.25, 0.3) is 15.9 Å². The van der Waals surface area contributed by atoms with E-state index in [1.165, 1.54) is 23.9 Å². The van der Waals surface area contributed by atoms with E-state index >= 15 is 0 Å². The van der Waals surface area contributed by atoms with Gasteiger partial charge in [0.05, 0.1) is 11.3 Å². The van der Waals surface area contributed by atoms with E-state index in [9.17, 15) is 18.0 Å². The average Bonchev–Trinajstić information content (AvgIpc) is 2.77. The van der Waals surface area contributed by atoms with Crippen molar-refractivity contribution in [2.45, 2.75) is 6.54 Å². The predicted molar refractivity (Wildman–Crippen MR) is 114 cm³/mol. The van der Waals surface area contributed by atoms with Crippen molar-refractivity contribution in [3.63, 3.8) is 0 Å². The van der Waals surface area contributed by atoms with E-state index in [2.05, 4.69) is 21.4 Å². The minimum Gasteiger partial charge on any atom is -0.452 e. The Balaban J connectivity index is 1.24. The van der Waals surface area contributed by atoms with E-state index in [-0.39, 0.29) is 36.2 Å². The largest absolute Gasteiger partial charge is 0.452 e. The molecule has 10 heteroatoms. The van der Waals surface area contributed by atoms with Crippen LogP contribution >= 0.6 is 0 Å². The van der Waals surface area contributed by atoms with Crippen molar-refractivity contribution < 1.29 is 22.7 Å². The molecule has 3 aliphatic heterocycles. The smallest absolute Gasteiger partial charge is 0.340 e. The fourth-order valence-electron chi connectivity index (χ4n) is 3.62. The molecule has 3 heterocycles. The Hall–Kier alpha value is -2.98. The number of amides is 1. The third kappa shape index (κ3) is 5.39. The van der Waals surface area contributed by atoms with E-state index in [0.717, 1.165) is 19.6 Å². The topological polar surface area (TPSA) is 99.6 Å². The lowest BCUT2D eigenvalue weighted by Gasteiger charge is -2.34. The molecule has 1 aromatic rings. The van der Waals surface area contributed by atoms with E-state index in [4.69, 9.17) is 4.74 Å². The minimum absolute atomic E-state index is 0.113. The number of hydrogen-bond donors (Lipinski definition) is 0. The van der Waals surface area contributed by atoms with Crippen LogP contribution in [0, 0.1) is 0 Å². The highest BCUT2D eigenvalue weighted by molar-refractivity contribution is 7.90. The molecule has 1 saturated heterocycles. The van der Waals surface area contributed by atoms with Crippen molar-refractivity contribution in [3.8, 4) is 0 Å². The van der Waals surface area contributed by atoms with Gasteiger partial charge >= 0.3 is 5.97 Å². The lowest BCUT2D eigenvalue weighted by molar-refractivity contribution is -0.149. The van der Waals surface area contributed by atoms with E-state index in [1.54, 1.807) is 9.80 Å². The molecular formula is C21H24N4O5S. The van der Waals surface area contributed by atoms with Gasteiger partial charge < -0.3 is 14.5 Å². The van der Waals surface area contributed by atoms with Gasteiger partial charge in [-0.05, 0) is 17.7 Å². The second kappa shape index (κ2) is 9.03. The van der Waals surface area contributed by atoms with Crippen LogP contribution in [0.15, 0.2) is 58.7 Å². The Kier molecular flexibility index (Phi) is 6.19. The second-order valence-electron chi connectivity index (χ2n) is 7.57. The highest BCUT2D eigenvalue weighted by Crippen LogP contribution is 2.17. The summed E-state index contributed by atoms with van der Waals surface area (Å²) in [5.74, 6) is -0.691. The zero-order valence-corrected chi connectivity index (χ0v) is 17.8. The molecule has 0 bridgehead atoms. The molecule has 0 radical (unpaired) electrons. The molecule has 0 saturated carbocycles. The number of esters is 1. The quantitative estimate of drug-likeness (QED) is 0.605. The van der Waals surface area contributed by atoms with Gasteiger partial charge in [-0.25, -0.2) is 13.2 Å². The number of rotatable bonds is 5. The molecule has 0 unspecified atom stereocenters. The summed E-state index contributed by atoms with van der Waals surface area (Å²) in [5, 5.41) is 0. The van der Waals surface area contributed by atoms with Gasteiger partial charge in [-0.15, -0.1) is 4.40 Å². The summed E-state index contributed by atoms with van der Waals surface area (Å²) < 4.78 is 32.0. The van der Waals surface area contributed by atoms with E-state index < -0.39 is 16.0 Å². The monoisotopic (exact) mass is 444 g/mol. The van der Waals surface area contributed by atoms with Gasteiger partial charge in [0.15, 0.2) is 6.61 Å². The minimum atomic E-state index is -3.45. The van der Waals surface area contributed by atoms with Crippen molar-refractivity contribution in [2.75, 3.05) is 45.1 Å². The number of benzene rings is 1. The van der Waals surface area contributed by atoms with Crippen molar-refractivity contribution in [2.24, 2.45) is 4.40 Å². The molecule has 3 aliphatic rings. The summed E-state index contributed by atoms with van der Waals surface area (Å²) in [4.78, 5) is 30.4. The van der Waals surface area contributed by atoms with Crippen LogP contribution in [0.5, 0.6) is 0 Å². The molecule has 1 aromatic carbocycles. The van der Waals surface area contributed by atoms with Crippen LogP contribution in [-0.4, -0.2) is 85.9 Å². The van der Waals surface area contributed by atoms with Gasteiger partial charge in [0.1, 0.15) is 5.84 Å². The number of nitrogens with zero attached hydrogens (tertiary/aromatic N) is 4. The second-order valence-corrected chi connectivity index (χ2v) is 9.32. The van der Waals surface area contributed by atoms with Crippen LogP contribution in [-0.2, 0) is 30.9 Å². The van der Waals surface area contributed by atoms with Gasteiger partial charge in [-0.3, -0.25) is 9.69 Å². The Labute approximate surface area is 181 Å². The van der Waals surface area contributed by atoms with Gasteiger partial charge in [-0.2, -0.15) is 0 Å². The molecule has 0 aromatic heterocycles. The fraction of sp³-hybridized carbons (Fsp3) is 0.381. The zero-order valence-electron chi connectivity index (χ0n) is 17.0. The third-order valence-electron chi connectivity index (χ3n) is 5.36. The number of fused-ring (bicyclic) bond motifs is 1. The first-order valence-corrected chi connectivity index (χ1v) is 11.7. The van der Waals surface area contributed by atoms with Crippen LogP contribution in [0.4, 0.5) is 0 Å². The summed E-state index contributed by atoms with van der Waals surface area (Å²) in [6.07, 6.45) is 4.41. The molecule has 164 valence electrons. The molecule has 4 rings (SSSR count). The maximum Gasteiger partial charge on any atom is 0.340 e. The van der Waals surface area contributed by atoms with Crippen LogP contribution in [0.2, 0.25) is 0 Å². The summed E-state index contributed by atoms with van der Waals surface area (Å²) in [7, 11) is -3.45. The van der Waals surface area contributed by atoms with Gasteiger partial charge in [0.2, 0.25) is 0 Å². The van der Waals surface area contributed by atoms with Crippen LogP contribution in [0.1, 0.15) is 5.56 Å². The summed E-state index contributed by atoms with van der Waals surface area (Å²) in [6, 6.07) is 10.2. The first kappa shape index (κ1) is 21.3. The molecule has 0 aliphatic carbocycles. The third-order valence-corrected chi connectivity index (χ3v) is 6.52. The zero-order chi connectivity index (χ0) is 21.8. The summed E-state index contributed by atoms with van der Waals surface area (Å²) >= 11 is 0. The first-order valence-electron chi connectivity index (χ1n) is 10.1. The fourth-order valence-corrected chi connectivity index (χ4v) is 4.59. The van der Waals surface area contributed by atoms with Crippen LogP contribution in [0.25, 0.3) is 0 Å². The Morgan fingerprint density at radius 1 is 1.00 bits per heavy atom. The average molecular weight is 445 g/mol. The number of carbonyl (C=O) groups excluding carboxylic acids is 2. The molecule has 9 nitrogen and oxygen atoms in total.